The van der Waals surface area contributed by atoms with Crippen LogP contribution in [0.5, 0.6) is 17.2 Å². The highest BCUT2D eigenvalue weighted by atomic mass is 79.9. The molecule has 0 unspecified atom stereocenters. The maximum absolute atomic E-state index is 10.2. The van der Waals surface area contributed by atoms with E-state index in [0.29, 0.717) is 80.1 Å². The monoisotopic (exact) mass is 543 g/mol. The van der Waals surface area contributed by atoms with Crippen LogP contribution < -0.4 is 9.47 Å². The van der Waals surface area contributed by atoms with E-state index in [0.717, 1.165) is 4.47 Å². The first-order valence-corrected chi connectivity index (χ1v) is 11.1. The van der Waals surface area contributed by atoms with Crippen molar-refractivity contribution < 1.29 is 28.8 Å². The van der Waals surface area contributed by atoms with Gasteiger partial charge in [0, 0.05) is 22.3 Å². The second-order valence-corrected chi connectivity index (χ2v) is 8.02. The first-order chi connectivity index (χ1) is 14.6. The molecule has 0 radical (unpaired) electrons. The Morgan fingerprint density at radius 2 is 1.37 bits per heavy atom. The van der Waals surface area contributed by atoms with E-state index in [1.165, 1.54) is 0 Å². The maximum atomic E-state index is 10.2. The summed E-state index contributed by atoms with van der Waals surface area (Å²) >= 11 is 6.73. The van der Waals surface area contributed by atoms with Crippen LogP contribution in [0.3, 0.4) is 0 Å². The lowest BCUT2D eigenvalue weighted by atomic mass is 10.2. The molecule has 0 saturated heterocycles. The number of benzene rings is 2. The Hall–Kier alpha value is -1.65. The number of rotatable bonds is 2. The lowest BCUT2D eigenvalue weighted by Gasteiger charge is -2.13. The molecule has 1 aliphatic heterocycles. The molecule has 0 amide bonds. The van der Waals surface area contributed by atoms with Crippen molar-refractivity contribution in [2.24, 2.45) is 4.99 Å². The fourth-order valence-electron chi connectivity index (χ4n) is 2.60. The third-order valence-corrected chi connectivity index (χ3v) is 5.11. The predicted molar refractivity (Wildman–Crippen MR) is 121 cm³/mol. The number of aliphatic imine (C=N–C) groups is 1. The van der Waals surface area contributed by atoms with Crippen molar-refractivity contribution in [2.45, 2.75) is 0 Å². The molecule has 2 aromatic rings. The molecule has 0 saturated carbocycles. The number of fused-ring (bicyclic) bond motifs is 1. The summed E-state index contributed by atoms with van der Waals surface area (Å²) < 4.78 is 29.4. The summed E-state index contributed by atoms with van der Waals surface area (Å²) in [7, 11) is 0. The molecule has 0 aliphatic carbocycles. The van der Waals surface area contributed by atoms with Crippen molar-refractivity contribution in [3.05, 3.63) is 44.8 Å². The van der Waals surface area contributed by atoms with Crippen molar-refractivity contribution in [1.82, 2.24) is 0 Å². The Balaban J connectivity index is 1.74. The van der Waals surface area contributed by atoms with E-state index in [2.05, 4.69) is 36.9 Å². The van der Waals surface area contributed by atoms with E-state index in [9.17, 15) is 5.11 Å². The minimum atomic E-state index is 0.122. The summed E-state index contributed by atoms with van der Waals surface area (Å²) in [5, 5.41) is 10.2. The molecular formula is C21H23Br2NO6. The SMILES string of the molecule is Oc1c(Br)cc(Br)cc1C=Nc1ccc2c(c1)OCCOCCOCCOCCO2. The van der Waals surface area contributed by atoms with E-state index in [1.807, 2.05) is 6.07 Å². The molecule has 1 heterocycles. The van der Waals surface area contributed by atoms with Crippen molar-refractivity contribution in [1.29, 1.82) is 0 Å². The normalized spacial score (nSPS) is 16.7. The Morgan fingerprint density at radius 3 is 2.03 bits per heavy atom. The molecular weight excluding hydrogens is 522 g/mol. The average Bonchev–Trinajstić information content (AvgIpc) is 2.74. The van der Waals surface area contributed by atoms with Gasteiger partial charge in [-0.15, -0.1) is 0 Å². The fourth-order valence-corrected chi connectivity index (χ4v) is 3.86. The second kappa shape index (κ2) is 12.3. The number of hydrogen-bond donors (Lipinski definition) is 1. The molecule has 3 rings (SSSR count). The smallest absolute Gasteiger partial charge is 0.163 e. The summed E-state index contributed by atoms with van der Waals surface area (Å²) in [5.74, 6) is 1.30. The van der Waals surface area contributed by atoms with Crippen LogP contribution in [0.15, 0.2) is 44.3 Å². The van der Waals surface area contributed by atoms with Gasteiger partial charge in [-0.1, -0.05) is 15.9 Å². The van der Waals surface area contributed by atoms with Crippen LogP contribution in [-0.4, -0.2) is 64.2 Å². The van der Waals surface area contributed by atoms with Crippen LogP contribution in [0.4, 0.5) is 5.69 Å². The molecule has 0 spiro atoms. The number of aromatic hydroxyl groups is 1. The summed E-state index contributed by atoms with van der Waals surface area (Å²) in [6, 6.07) is 8.97. The Labute approximate surface area is 192 Å². The minimum absolute atomic E-state index is 0.122. The highest BCUT2D eigenvalue weighted by Crippen LogP contribution is 2.33. The van der Waals surface area contributed by atoms with Gasteiger partial charge in [0.15, 0.2) is 11.5 Å². The maximum Gasteiger partial charge on any atom is 0.163 e. The molecule has 0 bridgehead atoms. The Bertz CT molecular complexity index is 862. The third-order valence-electron chi connectivity index (χ3n) is 4.05. The number of hydrogen-bond acceptors (Lipinski definition) is 7. The molecule has 30 heavy (non-hydrogen) atoms. The molecule has 0 fully saturated rings. The predicted octanol–water partition coefficient (Wildman–Crippen LogP) is 4.49. The number of phenols is 1. The van der Waals surface area contributed by atoms with Gasteiger partial charge in [-0.05, 0) is 40.2 Å². The molecule has 0 atom stereocenters. The zero-order valence-corrected chi connectivity index (χ0v) is 19.5. The zero-order chi connectivity index (χ0) is 21.2. The van der Waals surface area contributed by atoms with Crippen LogP contribution >= 0.6 is 31.9 Å². The van der Waals surface area contributed by atoms with Crippen LogP contribution in [-0.2, 0) is 14.2 Å². The lowest BCUT2D eigenvalue weighted by molar-refractivity contribution is 0.00708. The van der Waals surface area contributed by atoms with Gasteiger partial charge in [0.1, 0.15) is 19.0 Å². The molecule has 9 heteroatoms. The molecule has 1 N–H and O–H groups in total. The van der Waals surface area contributed by atoms with Crippen LogP contribution in [0.1, 0.15) is 5.56 Å². The van der Waals surface area contributed by atoms with Gasteiger partial charge >= 0.3 is 0 Å². The molecule has 7 nitrogen and oxygen atoms in total. The number of ether oxygens (including phenoxy) is 5. The van der Waals surface area contributed by atoms with Gasteiger partial charge in [0.05, 0.1) is 49.8 Å². The Kier molecular flexibility index (Phi) is 9.41. The number of halogens is 2. The Morgan fingerprint density at radius 1 is 0.767 bits per heavy atom. The number of phenolic OH excluding ortho intramolecular Hbond substituents is 1. The summed E-state index contributed by atoms with van der Waals surface area (Å²) in [6.45, 7) is 3.73. The molecule has 162 valence electrons. The molecule has 2 aromatic carbocycles. The fraction of sp³-hybridized carbons (Fsp3) is 0.381. The highest BCUT2D eigenvalue weighted by molar-refractivity contribution is 9.11. The van der Waals surface area contributed by atoms with Crippen LogP contribution in [0, 0.1) is 0 Å². The van der Waals surface area contributed by atoms with Gasteiger partial charge in [-0.3, -0.25) is 4.99 Å². The van der Waals surface area contributed by atoms with Gasteiger partial charge in [0.25, 0.3) is 0 Å². The minimum Gasteiger partial charge on any atom is -0.506 e. The van der Waals surface area contributed by atoms with Crippen LogP contribution in [0.2, 0.25) is 0 Å². The first kappa shape index (κ1) is 23.0. The first-order valence-electron chi connectivity index (χ1n) is 9.48. The summed E-state index contributed by atoms with van der Waals surface area (Å²) in [5.41, 5.74) is 1.24. The third kappa shape index (κ3) is 7.24. The average molecular weight is 545 g/mol. The van der Waals surface area contributed by atoms with Crippen molar-refractivity contribution in [2.75, 3.05) is 52.9 Å². The lowest BCUT2D eigenvalue weighted by Crippen LogP contribution is -2.13. The quantitative estimate of drug-likeness (QED) is 0.561. The summed E-state index contributed by atoms with van der Waals surface area (Å²) in [6.07, 6.45) is 1.59. The standard InChI is InChI=1S/C21H23Br2NO6/c22-16-11-15(21(25)18(23)12-16)14-24-17-1-2-19-20(13-17)30-10-8-28-6-4-26-3-5-27-7-9-29-19/h1-2,11-14,25H,3-10H2. The number of nitrogens with zero attached hydrogens (tertiary/aromatic N) is 1. The van der Waals surface area contributed by atoms with E-state index in [1.54, 1.807) is 30.5 Å². The molecule has 1 aliphatic rings. The summed E-state index contributed by atoms with van der Waals surface area (Å²) in [4.78, 5) is 4.46. The van der Waals surface area contributed by atoms with E-state index in [4.69, 9.17) is 23.7 Å². The van der Waals surface area contributed by atoms with Crippen LogP contribution in [0.25, 0.3) is 0 Å². The van der Waals surface area contributed by atoms with Crippen molar-refractivity contribution >= 4 is 43.8 Å². The largest absolute Gasteiger partial charge is 0.506 e. The second-order valence-electron chi connectivity index (χ2n) is 6.25. The van der Waals surface area contributed by atoms with Gasteiger partial charge in [-0.25, -0.2) is 0 Å². The zero-order valence-electron chi connectivity index (χ0n) is 16.3. The van der Waals surface area contributed by atoms with Crippen molar-refractivity contribution in [3.63, 3.8) is 0 Å². The van der Waals surface area contributed by atoms with Gasteiger partial charge < -0.3 is 28.8 Å². The van der Waals surface area contributed by atoms with E-state index >= 15 is 0 Å². The molecule has 0 aromatic heterocycles. The van der Waals surface area contributed by atoms with Gasteiger partial charge in [0.2, 0.25) is 0 Å². The topological polar surface area (TPSA) is 78.7 Å². The van der Waals surface area contributed by atoms with E-state index < -0.39 is 0 Å². The van der Waals surface area contributed by atoms with Gasteiger partial charge in [-0.2, -0.15) is 0 Å². The van der Waals surface area contributed by atoms with E-state index in [-0.39, 0.29) is 5.75 Å². The highest BCUT2D eigenvalue weighted by Gasteiger charge is 2.09. The van der Waals surface area contributed by atoms with Crippen molar-refractivity contribution in [3.8, 4) is 17.2 Å².